The van der Waals surface area contributed by atoms with Gasteiger partial charge in [-0.2, -0.15) is 0 Å². The molecule has 0 fully saturated rings. The number of hydrogen-bond acceptors (Lipinski definition) is 3. The molecule has 0 saturated carbocycles. The van der Waals surface area contributed by atoms with Gasteiger partial charge in [0.05, 0.1) is 19.4 Å². The zero-order chi connectivity index (χ0) is 12.3. The van der Waals surface area contributed by atoms with E-state index in [4.69, 9.17) is 11.6 Å². The third-order valence-electron chi connectivity index (χ3n) is 2.04. The number of hydrogen-bond donors (Lipinski definition) is 0. The molecule has 0 saturated heterocycles. The minimum Gasteiger partial charge on any atom is -0.292 e. The van der Waals surface area contributed by atoms with Crippen LogP contribution >= 0.6 is 50.6 Å². The zero-order valence-corrected chi connectivity index (χ0v) is 12.6. The highest BCUT2D eigenvalue weighted by Crippen LogP contribution is 2.29. The van der Waals surface area contributed by atoms with Gasteiger partial charge in [-0.15, -0.1) is 23.1 Å². The summed E-state index contributed by atoms with van der Waals surface area (Å²) >= 11 is 12.3. The molecule has 0 N–H and O–H groups in total. The lowest BCUT2D eigenvalue weighted by molar-refractivity contribution is 0.102. The predicted octanol–water partition coefficient (Wildman–Crippen LogP) is 5.14. The smallest absolute Gasteiger partial charge is 0.183 e. The second-order valence-electron chi connectivity index (χ2n) is 3.25. The molecule has 0 aliphatic carbocycles. The minimum absolute atomic E-state index is 0.130. The van der Waals surface area contributed by atoms with Crippen molar-refractivity contribution in [2.24, 2.45) is 0 Å². The van der Waals surface area contributed by atoms with Crippen LogP contribution in [-0.2, 0) is 0 Å². The van der Waals surface area contributed by atoms with Crippen LogP contribution in [0.5, 0.6) is 0 Å². The van der Waals surface area contributed by atoms with E-state index in [0.29, 0.717) is 10.8 Å². The highest BCUT2D eigenvalue weighted by atomic mass is 79.9. The van der Waals surface area contributed by atoms with Crippen LogP contribution in [0.4, 0.5) is 0 Å². The molecule has 88 valence electrons. The van der Waals surface area contributed by atoms with Crippen LogP contribution in [0, 0.1) is 0 Å². The Balaban J connectivity index is 1.99. The Kier molecular flexibility index (Phi) is 4.68. The summed E-state index contributed by atoms with van der Waals surface area (Å²) in [6.07, 6.45) is 0. The molecular formula is C12H8BrClOS2. The van der Waals surface area contributed by atoms with Crippen molar-refractivity contribution in [2.75, 3.05) is 5.75 Å². The van der Waals surface area contributed by atoms with Crippen molar-refractivity contribution in [3.63, 3.8) is 0 Å². The van der Waals surface area contributed by atoms with Crippen molar-refractivity contribution < 1.29 is 4.79 Å². The first-order valence-corrected chi connectivity index (χ1v) is 7.80. The standard InChI is InChI=1S/C12H8BrClOS2/c13-12-6-5-11(17-12)9(15)7-16-10-4-2-1-3-8(10)14/h1-6H,7H2. The third kappa shape index (κ3) is 3.58. The maximum Gasteiger partial charge on any atom is 0.183 e. The summed E-state index contributed by atoms with van der Waals surface area (Å²) in [5, 5.41) is 0.692. The Morgan fingerprint density at radius 2 is 2.06 bits per heavy atom. The van der Waals surface area contributed by atoms with E-state index in [-0.39, 0.29) is 5.78 Å². The molecule has 0 aliphatic heterocycles. The quantitative estimate of drug-likeness (QED) is 0.563. The molecule has 17 heavy (non-hydrogen) atoms. The number of carbonyl (C=O) groups is 1. The Bertz CT molecular complexity index is 539. The van der Waals surface area contributed by atoms with Gasteiger partial charge in [0.2, 0.25) is 0 Å². The van der Waals surface area contributed by atoms with Crippen LogP contribution < -0.4 is 0 Å². The van der Waals surface area contributed by atoms with Crippen molar-refractivity contribution in [3.8, 4) is 0 Å². The summed E-state index contributed by atoms with van der Waals surface area (Å²) in [5.41, 5.74) is 0. The van der Waals surface area contributed by atoms with Crippen molar-refractivity contribution in [1.29, 1.82) is 0 Å². The van der Waals surface area contributed by atoms with E-state index in [1.807, 2.05) is 36.4 Å². The Hall–Kier alpha value is -0.290. The number of thioether (sulfide) groups is 1. The number of thiophene rings is 1. The van der Waals surface area contributed by atoms with Crippen molar-refractivity contribution in [1.82, 2.24) is 0 Å². The molecule has 1 aromatic carbocycles. The zero-order valence-electron chi connectivity index (χ0n) is 8.65. The number of Topliss-reactive ketones (excluding diaryl/α,β-unsaturated/α-hetero) is 1. The van der Waals surface area contributed by atoms with Crippen molar-refractivity contribution in [3.05, 3.63) is 50.1 Å². The van der Waals surface area contributed by atoms with E-state index in [0.717, 1.165) is 13.6 Å². The monoisotopic (exact) mass is 346 g/mol. The number of ketones is 1. The summed E-state index contributed by atoms with van der Waals surface area (Å²) in [5.74, 6) is 0.544. The van der Waals surface area contributed by atoms with Gasteiger partial charge in [-0.1, -0.05) is 23.7 Å². The first-order chi connectivity index (χ1) is 8.16. The fourth-order valence-corrected chi connectivity index (χ4v) is 3.78. The van der Waals surface area contributed by atoms with Gasteiger partial charge in [-0.05, 0) is 40.2 Å². The van der Waals surface area contributed by atoms with Gasteiger partial charge in [0.1, 0.15) is 0 Å². The summed E-state index contributed by atoms with van der Waals surface area (Å²) in [7, 11) is 0. The molecular weight excluding hydrogens is 340 g/mol. The molecule has 2 rings (SSSR count). The molecule has 1 heterocycles. The molecule has 1 nitrogen and oxygen atoms in total. The van der Waals surface area contributed by atoms with E-state index in [1.54, 1.807) is 0 Å². The first-order valence-electron chi connectivity index (χ1n) is 4.82. The third-order valence-corrected chi connectivity index (χ3v) is 5.22. The maximum absolute atomic E-state index is 11.9. The summed E-state index contributed by atoms with van der Waals surface area (Å²) < 4.78 is 0.976. The molecule has 0 amide bonds. The van der Waals surface area contributed by atoms with Crippen LogP contribution in [0.3, 0.4) is 0 Å². The Morgan fingerprint density at radius 3 is 2.71 bits per heavy atom. The van der Waals surface area contributed by atoms with Crippen LogP contribution in [0.2, 0.25) is 5.02 Å². The molecule has 5 heteroatoms. The first kappa shape index (κ1) is 13.1. The van der Waals surface area contributed by atoms with Gasteiger partial charge in [0, 0.05) is 4.90 Å². The molecule has 0 radical (unpaired) electrons. The lowest BCUT2D eigenvalue weighted by Crippen LogP contribution is -1.99. The number of carbonyl (C=O) groups excluding carboxylic acids is 1. The molecule has 0 bridgehead atoms. The molecule has 0 spiro atoms. The van der Waals surface area contributed by atoms with E-state index >= 15 is 0 Å². The van der Waals surface area contributed by atoms with Crippen LogP contribution in [0.25, 0.3) is 0 Å². The Morgan fingerprint density at radius 1 is 1.29 bits per heavy atom. The van der Waals surface area contributed by atoms with Gasteiger partial charge in [-0.25, -0.2) is 0 Å². The molecule has 0 aliphatic rings. The van der Waals surface area contributed by atoms with Gasteiger partial charge >= 0.3 is 0 Å². The molecule has 0 unspecified atom stereocenters. The number of halogens is 2. The predicted molar refractivity (Wildman–Crippen MR) is 78.5 cm³/mol. The molecule has 2 aromatic rings. The summed E-state index contributed by atoms with van der Waals surface area (Å²) in [6.45, 7) is 0. The fraction of sp³-hybridized carbons (Fsp3) is 0.0833. The lowest BCUT2D eigenvalue weighted by Gasteiger charge is -2.01. The molecule has 0 atom stereocenters. The summed E-state index contributed by atoms with van der Waals surface area (Å²) in [4.78, 5) is 13.6. The largest absolute Gasteiger partial charge is 0.292 e. The van der Waals surface area contributed by atoms with Gasteiger partial charge < -0.3 is 0 Å². The normalized spacial score (nSPS) is 10.5. The van der Waals surface area contributed by atoms with Gasteiger partial charge in [0.25, 0.3) is 0 Å². The SMILES string of the molecule is O=C(CSc1ccccc1Cl)c1ccc(Br)s1. The molecule has 1 aromatic heterocycles. The average molecular weight is 348 g/mol. The van der Waals surface area contributed by atoms with Crippen LogP contribution in [0.1, 0.15) is 9.67 Å². The second-order valence-corrected chi connectivity index (χ2v) is 7.13. The van der Waals surface area contributed by atoms with E-state index in [9.17, 15) is 4.79 Å². The van der Waals surface area contributed by atoms with Gasteiger partial charge in [0.15, 0.2) is 5.78 Å². The van der Waals surface area contributed by atoms with Crippen molar-refractivity contribution >= 4 is 56.4 Å². The maximum atomic E-state index is 11.9. The van der Waals surface area contributed by atoms with E-state index in [2.05, 4.69) is 15.9 Å². The van der Waals surface area contributed by atoms with Crippen LogP contribution in [-0.4, -0.2) is 11.5 Å². The lowest BCUT2D eigenvalue weighted by atomic mass is 10.3. The Labute approximate surface area is 121 Å². The topological polar surface area (TPSA) is 17.1 Å². The van der Waals surface area contributed by atoms with Gasteiger partial charge in [-0.3, -0.25) is 4.79 Å². The summed E-state index contributed by atoms with van der Waals surface area (Å²) in [6, 6.07) is 11.3. The number of rotatable bonds is 4. The van der Waals surface area contributed by atoms with Crippen LogP contribution in [0.15, 0.2) is 45.1 Å². The average Bonchev–Trinajstić information content (AvgIpc) is 2.74. The highest BCUT2D eigenvalue weighted by Gasteiger charge is 2.10. The van der Waals surface area contributed by atoms with E-state index in [1.165, 1.54) is 23.1 Å². The van der Waals surface area contributed by atoms with Crippen molar-refractivity contribution in [2.45, 2.75) is 4.90 Å². The fourth-order valence-electron chi connectivity index (χ4n) is 1.24. The second kappa shape index (κ2) is 6.05. The highest BCUT2D eigenvalue weighted by molar-refractivity contribution is 9.11. The number of benzene rings is 1. The van der Waals surface area contributed by atoms with E-state index < -0.39 is 0 Å². The minimum atomic E-state index is 0.130.